The Balaban J connectivity index is 1.76. The van der Waals surface area contributed by atoms with Crippen LogP contribution in [0.25, 0.3) is 22.3 Å². The monoisotopic (exact) mass is 506 g/mol. The van der Waals surface area contributed by atoms with Crippen LogP contribution in [0.2, 0.25) is 0 Å². The van der Waals surface area contributed by atoms with Crippen molar-refractivity contribution in [1.29, 1.82) is 0 Å². The SMILES string of the molecule is COc1cc(-c2cc(=O)c3c(O)cc(O[C@@H]4O[C@H](C(=O)O)[C@@H](O)[C@H](O)[C@H]4O)cc3o2)cc(OC)c1O. The van der Waals surface area contributed by atoms with Crippen molar-refractivity contribution in [2.75, 3.05) is 14.2 Å². The predicted molar refractivity (Wildman–Crippen MR) is 119 cm³/mol. The summed E-state index contributed by atoms with van der Waals surface area (Å²) in [7, 11) is 2.65. The number of carboxylic acid groups (broad SMARTS) is 1. The number of methoxy groups -OCH3 is 2. The minimum atomic E-state index is -1.91. The summed E-state index contributed by atoms with van der Waals surface area (Å²) in [5.41, 5.74) is -0.488. The average molecular weight is 506 g/mol. The van der Waals surface area contributed by atoms with Crippen LogP contribution in [-0.4, -0.2) is 81.5 Å². The van der Waals surface area contributed by atoms with E-state index in [1.165, 1.54) is 32.4 Å². The molecule has 0 aliphatic carbocycles. The van der Waals surface area contributed by atoms with Gasteiger partial charge in [0, 0.05) is 23.8 Å². The number of hydrogen-bond acceptors (Lipinski definition) is 12. The van der Waals surface area contributed by atoms with Gasteiger partial charge < -0.3 is 54.0 Å². The topological polar surface area (TPSA) is 206 Å². The molecule has 0 bridgehead atoms. The van der Waals surface area contributed by atoms with Crippen LogP contribution in [0, 0.1) is 0 Å². The van der Waals surface area contributed by atoms with Crippen LogP contribution in [0.3, 0.4) is 0 Å². The minimum absolute atomic E-state index is 0.0130. The number of aliphatic hydroxyl groups is 3. The van der Waals surface area contributed by atoms with Crippen molar-refractivity contribution in [3.63, 3.8) is 0 Å². The molecule has 2 heterocycles. The number of ether oxygens (including phenoxy) is 4. The number of benzene rings is 2. The van der Waals surface area contributed by atoms with E-state index in [0.29, 0.717) is 5.56 Å². The summed E-state index contributed by atoms with van der Waals surface area (Å²) < 4.78 is 26.5. The highest BCUT2D eigenvalue weighted by atomic mass is 16.7. The van der Waals surface area contributed by atoms with Crippen molar-refractivity contribution >= 4 is 16.9 Å². The van der Waals surface area contributed by atoms with Gasteiger partial charge in [0.25, 0.3) is 0 Å². The van der Waals surface area contributed by atoms with Gasteiger partial charge in [0.05, 0.1) is 14.2 Å². The third-order valence-corrected chi connectivity index (χ3v) is 5.61. The van der Waals surface area contributed by atoms with E-state index in [2.05, 4.69) is 0 Å². The highest BCUT2D eigenvalue weighted by Gasteiger charge is 2.48. The maximum atomic E-state index is 12.8. The highest BCUT2D eigenvalue weighted by molar-refractivity contribution is 5.86. The van der Waals surface area contributed by atoms with Crippen LogP contribution in [0.1, 0.15) is 0 Å². The van der Waals surface area contributed by atoms with Crippen molar-refractivity contribution in [3.05, 3.63) is 40.6 Å². The second kappa shape index (κ2) is 9.54. The maximum Gasteiger partial charge on any atom is 0.335 e. The Morgan fingerprint density at radius 3 is 2.14 bits per heavy atom. The third-order valence-electron chi connectivity index (χ3n) is 5.61. The molecular formula is C23H22O13. The standard InChI is InChI=1S/C23H22O13/c1-32-14-3-8(4-15(33-2)17(14)26)12-7-11(25)16-10(24)5-9(6-13(16)35-12)34-23-20(29)18(27)19(28)21(36-23)22(30)31/h3-7,18-21,23-24,26-29H,1-2H3,(H,30,31)/t18-,19-,20+,21-,23+/m0/s1. The molecule has 0 unspecified atom stereocenters. The number of rotatable bonds is 6. The van der Waals surface area contributed by atoms with Crippen molar-refractivity contribution in [1.82, 2.24) is 0 Å². The summed E-state index contributed by atoms with van der Waals surface area (Å²) >= 11 is 0. The first-order valence-electron chi connectivity index (χ1n) is 10.4. The summed E-state index contributed by atoms with van der Waals surface area (Å²) in [4.78, 5) is 24.1. The molecule has 1 saturated heterocycles. The molecule has 3 aromatic rings. The summed E-state index contributed by atoms with van der Waals surface area (Å²) in [6, 6.07) is 6.09. The number of carbonyl (C=O) groups is 1. The van der Waals surface area contributed by atoms with Gasteiger partial charge in [0.15, 0.2) is 23.0 Å². The summed E-state index contributed by atoms with van der Waals surface area (Å²) in [6.45, 7) is 0. The number of carboxylic acids is 1. The fourth-order valence-corrected chi connectivity index (χ4v) is 3.77. The maximum absolute atomic E-state index is 12.8. The third kappa shape index (κ3) is 4.35. The van der Waals surface area contributed by atoms with Crippen LogP contribution < -0.4 is 19.6 Å². The average Bonchev–Trinajstić information content (AvgIpc) is 2.83. The first kappa shape index (κ1) is 25.1. The molecule has 1 fully saturated rings. The van der Waals surface area contributed by atoms with E-state index >= 15 is 0 Å². The van der Waals surface area contributed by atoms with Crippen molar-refractivity contribution in [2.24, 2.45) is 0 Å². The molecule has 0 spiro atoms. The lowest BCUT2D eigenvalue weighted by Gasteiger charge is -2.38. The van der Waals surface area contributed by atoms with Gasteiger partial charge in [-0.1, -0.05) is 0 Å². The first-order valence-corrected chi connectivity index (χ1v) is 10.4. The number of aromatic hydroxyl groups is 2. The van der Waals surface area contributed by atoms with Gasteiger partial charge in [-0.2, -0.15) is 0 Å². The van der Waals surface area contributed by atoms with E-state index in [0.717, 1.165) is 12.1 Å². The molecule has 1 aromatic heterocycles. The lowest BCUT2D eigenvalue weighted by Crippen LogP contribution is -2.61. The normalized spacial score (nSPS) is 23.9. The predicted octanol–water partition coefficient (Wildman–Crippen LogP) is 0.159. The largest absolute Gasteiger partial charge is 0.507 e. The fraction of sp³-hybridized carbons (Fsp3) is 0.304. The fourth-order valence-electron chi connectivity index (χ4n) is 3.77. The van der Waals surface area contributed by atoms with E-state index in [-0.39, 0.29) is 39.7 Å². The Bertz CT molecular complexity index is 1340. The Morgan fingerprint density at radius 1 is 0.917 bits per heavy atom. The number of phenolic OH excluding ortho intramolecular Hbond substituents is 2. The van der Waals surface area contributed by atoms with Crippen LogP contribution in [0.5, 0.6) is 28.7 Å². The first-order chi connectivity index (χ1) is 17.0. The van der Waals surface area contributed by atoms with Crippen LogP contribution >= 0.6 is 0 Å². The zero-order valence-electron chi connectivity index (χ0n) is 18.8. The molecule has 13 nitrogen and oxygen atoms in total. The molecule has 1 aliphatic rings. The summed E-state index contributed by atoms with van der Waals surface area (Å²) in [5.74, 6) is -2.52. The van der Waals surface area contributed by atoms with Gasteiger partial charge in [-0.3, -0.25) is 4.79 Å². The molecular weight excluding hydrogens is 484 g/mol. The quantitative estimate of drug-likeness (QED) is 0.264. The molecule has 192 valence electrons. The lowest BCUT2D eigenvalue weighted by molar-refractivity contribution is -0.271. The van der Waals surface area contributed by atoms with Crippen LogP contribution in [0.4, 0.5) is 0 Å². The van der Waals surface area contributed by atoms with E-state index in [1.54, 1.807) is 0 Å². The molecule has 0 saturated carbocycles. The van der Waals surface area contributed by atoms with Gasteiger partial charge in [-0.25, -0.2) is 4.79 Å². The zero-order chi connectivity index (χ0) is 26.3. The molecule has 0 amide bonds. The Hall–Kier alpha value is -4.04. The number of aliphatic carboxylic acids is 1. The van der Waals surface area contributed by atoms with Crippen molar-refractivity contribution in [2.45, 2.75) is 30.7 Å². The van der Waals surface area contributed by atoms with E-state index in [1.807, 2.05) is 0 Å². The zero-order valence-corrected chi connectivity index (χ0v) is 18.8. The van der Waals surface area contributed by atoms with Crippen molar-refractivity contribution in [3.8, 4) is 40.1 Å². The highest BCUT2D eigenvalue weighted by Crippen LogP contribution is 2.41. The van der Waals surface area contributed by atoms with E-state index in [9.17, 15) is 40.2 Å². The van der Waals surface area contributed by atoms with Crippen LogP contribution in [0.15, 0.2) is 39.5 Å². The minimum Gasteiger partial charge on any atom is -0.507 e. The van der Waals surface area contributed by atoms with Crippen molar-refractivity contribution < 1.29 is 58.8 Å². The van der Waals surface area contributed by atoms with Gasteiger partial charge >= 0.3 is 5.97 Å². The summed E-state index contributed by atoms with van der Waals surface area (Å²) in [6.07, 6.45) is -9.30. The van der Waals surface area contributed by atoms with Crippen LogP contribution in [-0.2, 0) is 9.53 Å². The number of hydrogen-bond donors (Lipinski definition) is 6. The second-order valence-electron chi connectivity index (χ2n) is 7.87. The molecule has 0 radical (unpaired) electrons. The van der Waals surface area contributed by atoms with E-state index in [4.69, 9.17) is 23.4 Å². The molecule has 1 aliphatic heterocycles. The Morgan fingerprint density at radius 2 is 1.56 bits per heavy atom. The Kier molecular flexibility index (Phi) is 6.65. The van der Waals surface area contributed by atoms with E-state index < -0.39 is 47.9 Å². The molecule has 5 atom stereocenters. The molecule has 36 heavy (non-hydrogen) atoms. The number of aliphatic hydroxyl groups excluding tert-OH is 3. The molecule has 6 N–H and O–H groups in total. The summed E-state index contributed by atoms with van der Waals surface area (Å²) in [5, 5.41) is 59.5. The van der Waals surface area contributed by atoms with Gasteiger partial charge in [-0.05, 0) is 12.1 Å². The smallest absolute Gasteiger partial charge is 0.335 e. The van der Waals surface area contributed by atoms with Gasteiger partial charge in [0.2, 0.25) is 12.0 Å². The number of fused-ring (bicyclic) bond motifs is 1. The lowest BCUT2D eigenvalue weighted by atomic mass is 9.99. The number of phenols is 2. The second-order valence-corrected chi connectivity index (χ2v) is 7.87. The van der Waals surface area contributed by atoms with Gasteiger partial charge in [-0.15, -0.1) is 0 Å². The van der Waals surface area contributed by atoms with Gasteiger partial charge in [0.1, 0.15) is 46.5 Å². The molecule has 2 aromatic carbocycles. The molecule has 4 rings (SSSR count). The molecule has 13 heteroatoms. The Labute approximate surface area is 201 Å².